The van der Waals surface area contributed by atoms with Crippen LogP contribution in [0, 0.1) is 23.4 Å². The molecule has 0 saturated heterocycles. The van der Waals surface area contributed by atoms with Crippen LogP contribution in [0.5, 0.6) is 5.75 Å². The summed E-state index contributed by atoms with van der Waals surface area (Å²) in [5, 5.41) is 0.199. The molecule has 2 nitrogen and oxygen atoms in total. The van der Waals surface area contributed by atoms with Crippen LogP contribution in [-0.4, -0.2) is 7.11 Å². The van der Waals surface area contributed by atoms with Crippen molar-refractivity contribution in [1.82, 2.24) is 0 Å². The van der Waals surface area contributed by atoms with Gasteiger partial charge in [0, 0.05) is 11.5 Å². The van der Waals surface area contributed by atoms with Crippen LogP contribution in [0.15, 0.2) is 22.6 Å². The predicted octanol–water partition coefficient (Wildman–Crippen LogP) is 5.92. The van der Waals surface area contributed by atoms with Gasteiger partial charge in [-0.2, -0.15) is 4.39 Å². The molecule has 1 aromatic heterocycles. The molecule has 0 radical (unpaired) electrons. The largest absolute Gasteiger partial charge is 0.493 e. The third kappa shape index (κ3) is 2.18. The standard InChI is InChI=1S/C19H17F3O2/c1-9-3-4-10(5-9)11-7-14-12(6-13(11)20)17-15(24-14)8-16(23-2)18(21)19(17)22/h6-10H,3-5H2,1-2H3. The van der Waals surface area contributed by atoms with Crippen LogP contribution in [0.4, 0.5) is 13.2 Å². The summed E-state index contributed by atoms with van der Waals surface area (Å²) in [5.74, 6) is -2.08. The maximum Gasteiger partial charge on any atom is 0.201 e. The average Bonchev–Trinajstić information content (AvgIpc) is 3.13. The first-order valence-corrected chi connectivity index (χ1v) is 8.07. The van der Waals surface area contributed by atoms with Crippen molar-refractivity contribution in [1.29, 1.82) is 0 Å². The van der Waals surface area contributed by atoms with Gasteiger partial charge in [0.25, 0.3) is 0 Å². The van der Waals surface area contributed by atoms with Gasteiger partial charge in [-0.3, -0.25) is 0 Å². The Kier molecular flexibility index (Phi) is 3.48. The number of fused-ring (bicyclic) bond motifs is 3. The van der Waals surface area contributed by atoms with E-state index < -0.39 is 11.6 Å². The van der Waals surface area contributed by atoms with E-state index in [0.717, 1.165) is 19.3 Å². The highest BCUT2D eigenvalue weighted by atomic mass is 19.2. The van der Waals surface area contributed by atoms with Gasteiger partial charge in [0.15, 0.2) is 11.6 Å². The van der Waals surface area contributed by atoms with Crippen molar-refractivity contribution < 1.29 is 22.3 Å². The number of hydrogen-bond acceptors (Lipinski definition) is 2. The molecule has 4 rings (SSSR count). The lowest BCUT2D eigenvalue weighted by atomic mass is 9.95. The van der Waals surface area contributed by atoms with Crippen LogP contribution in [0.25, 0.3) is 21.9 Å². The molecule has 126 valence electrons. The van der Waals surface area contributed by atoms with Gasteiger partial charge in [-0.1, -0.05) is 13.3 Å². The van der Waals surface area contributed by atoms with Crippen molar-refractivity contribution in [3.63, 3.8) is 0 Å². The zero-order valence-electron chi connectivity index (χ0n) is 13.5. The lowest BCUT2D eigenvalue weighted by Gasteiger charge is -2.11. The molecule has 5 heteroatoms. The molecular formula is C19H17F3O2. The minimum absolute atomic E-state index is 0.0476. The molecule has 2 unspecified atom stereocenters. The SMILES string of the molecule is COc1cc2oc3cc(C4CCC(C)C4)c(F)cc3c2c(F)c1F. The molecular weight excluding hydrogens is 317 g/mol. The van der Waals surface area contributed by atoms with Crippen molar-refractivity contribution in [2.75, 3.05) is 7.11 Å². The lowest BCUT2D eigenvalue weighted by Crippen LogP contribution is -1.97. The summed E-state index contributed by atoms with van der Waals surface area (Å²) in [5.41, 5.74) is 1.11. The second kappa shape index (κ2) is 5.43. The van der Waals surface area contributed by atoms with E-state index in [9.17, 15) is 13.2 Å². The number of benzene rings is 2. The third-order valence-electron chi connectivity index (χ3n) is 5.08. The Bertz CT molecular complexity index is 945. The van der Waals surface area contributed by atoms with E-state index in [2.05, 4.69) is 6.92 Å². The number of methoxy groups -OCH3 is 1. The summed E-state index contributed by atoms with van der Waals surface area (Å²) in [6.07, 6.45) is 2.93. The quantitative estimate of drug-likeness (QED) is 0.581. The molecule has 1 aliphatic rings. The van der Waals surface area contributed by atoms with E-state index in [-0.39, 0.29) is 33.8 Å². The van der Waals surface area contributed by atoms with Crippen molar-refractivity contribution in [2.45, 2.75) is 32.1 Å². The van der Waals surface area contributed by atoms with E-state index in [1.165, 1.54) is 19.2 Å². The van der Waals surface area contributed by atoms with Crippen LogP contribution in [0.3, 0.4) is 0 Å². The van der Waals surface area contributed by atoms with E-state index >= 15 is 0 Å². The Morgan fingerprint density at radius 1 is 1.04 bits per heavy atom. The van der Waals surface area contributed by atoms with E-state index in [1.54, 1.807) is 6.07 Å². The fraction of sp³-hybridized carbons (Fsp3) is 0.368. The smallest absolute Gasteiger partial charge is 0.201 e. The van der Waals surface area contributed by atoms with Gasteiger partial charge in [0.1, 0.15) is 17.0 Å². The van der Waals surface area contributed by atoms with Crippen LogP contribution in [0.1, 0.15) is 37.7 Å². The Morgan fingerprint density at radius 2 is 1.83 bits per heavy atom. The van der Waals surface area contributed by atoms with Crippen molar-refractivity contribution in [3.05, 3.63) is 41.2 Å². The van der Waals surface area contributed by atoms with E-state index in [1.807, 2.05) is 0 Å². The zero-order chi connectivity index (χ0) is 17.0. The van der Waals surface area contributed by atoms with Gasteiger partial charge in [0.2, 0.25) is 5.82 Å². The van der Waals surface area contributed by atoms with Crippen molar-refractivity contribution in [3.8, 4) is 5.75 Å². The average molecular weight is 334 g/mol. The molecule has 1 heterocycles. The molecule has 1 saturated carbocycles. The van der Waals surface area contributed by atoms with Crippen LogP contribution < -0.4 is 4.74 Å². The van der Waals surface area contributed by atoms with Gasteiger partial charge in [-0.15, -0.1) is 0 Å². The molecule has 24 heavy (non-hydrogen) atoms. The Labute approximate surface area is 137 Å². The number of halogens is 3. The summed E-state index contributed by atoms with van der Waals surface area (Å²) < 4.78 is 53.4. The summed E-state index contributed by atoms with van der Waals surface area (Å²) in [4.78, 5) is 0. The first kappa shape index (κ1) is 15.4. The molecule has 0 N–H and O–H groups in total. The lowest BCUT2D eigenvalue weighted by molar-refractivity contribution is 0.373. The number of rotatable bonds is 2. The summed E-state index contributed by atoms with van der Waals surface area (Å²) in [7, 11) is 1.26. The molecule has 3 aromatic rings. The van der Waals surface area contributed by atoms with E-state index in [0.29, 0.717) is 17.1 Å². The molecule has 1 fully saturated rings. The molecule has 2 atom stereocenters. The van der Waals surface area contributed by atoms with Gasteiger partial charge in [0.05, 0.1) is 12.5 Å². The summed E-state index contributed by atoms with van der Waals surface area (Å²) in [6, 6.07) is 4.19. The van der Waals surface area contributed by atoms with Crippen molar-refractivity contribution in [2.24, 2.45) is 5.92 Å². The third-order valence-corrected chi connectivity index (χ3v) is 5.08. The molecule has 0 bridgehead atoms. The van der Waals surface area contributed by atoms with Gasteiger partial charge in [-0.05, 0) is 42.4 Å². The number of ether oxygens (including phenoxy) is 1. The second-order valence-corrected chi connectivity index (χ2v) is 6.67. The number of furan rings is 1. The second-order valence-electron chi connectivity index (χ2n) is 6.67. The highest BCUT2D eigenvalue weighted by Crippen LogP contribution is 2.42. The molecule has 2 aromatic carbocycles. The van der Waals surface area contributed by atoms with Crippen LogP contribution in [-0.2, 0) is 0 Å². The zero-order valence-corrected chi connectivity index (χ0v) is 13.5. The molecule has 0 amide bonds. The molecule has 1 aliphatic carbocycles. The maximum absolute atomic E-state index is 14.6. The summed E-state index contributed by atoms with van der Waals surface area (Å²) >= 11 is 0. The fourth-order valence-electron chi connectivity index (χ4n) is 3.83. The van der Waals surface area contributed by atoms with Gasteiger partial charge in [-0.25, -0.2) is 8.78 Å². The minimum Gasteiger partial charge on any atom is -0.493 e. The predicted molar refractivity (Wildman–Crippen MR) is 85.9 cm³/mol. The Balaban J connectivity index is 1.95. The highest BCUT2D eigenvalue weighted by molar-refractivity contribution is 6.05. The maximum atomic E-state index is 14.6. The fourth-order valence-corrected chi connectivity index (χ4v) is 3.83. The minimum atomic E-state index is -1.10. The van der Waals surface area contributed by atoms with Gasteiger partial charge >= 0.3 is 0 Å². The highest BCUT2D eigenvalue weighted by Gasteiger charge is 2.27. The molecule has 0 spiro atoms. The summed E-state index contributed by atoms with van der Waals surface area (Å²) in [6.45, 7) is 2.15. The van der Waals surface area contributed by atoms with Crippen LogP contribution in [0.2, 0.25) is 0 Å². The number of hydrogen-bond donors (Lipinski definition) is 0. The van der Waals surface area contributed by atoms with Crippen LogP contribution >= 0.6 is 0 Å². The van der Waals surface area contributed by atoms with E-state index in [4.69, 9.17) is 9.15 Å². The normalized spacial score (nSPS) is 21.0. The molecule has 0 aliphatic heterocycles. The Morgan fingerprint density at radius 3 is 2.50 bits per heavy atom. The topological polar surface area (TPSA) is 22.4 Å². The first-order chi connectivity index (χ1) is 11.5. The van der Waals surface area contributed by atoms with Gasteiger partial charge < -0.3 is 9.15 Å². The van der Waals surface area contributed by atoms with Crippen molar-refractivity contribution >= 4 is 21.9 Å². The first-order valence-electron chi connectivity index (χ1n) is 8.07. The Hall–Kier alpha value is -2.17. The monoisotopic (exact) mass is 334 g/mol.